The Morgan fingerprint density at radius 1 is 0.977 bits per heavy atom. The highest BCUT2D eigenvalue weighted by atomic mass is 35.5. The Balaban J connectivity index is 1.44. The summed E-state index contributed by atoms with van der Waals surface area (Å²) in [7, 11) is 0. The Morgan fingerprint density at radius 3 is 2.36 bits per heavy atom. The van der Waals surface area contributed by atoms with E-state index in [1.807, 2.05) is 31.2 Å². The summed E-state index contributed by atoms with van der Waals surface area (Å²) in [6.45, 7) is 2.60. The molecular formula is C31H39ClN2O10. The minimum Gasteiger partial charge on any atom is -0.494 e. The summed E-state index contributed by atoms with van der Waals surface area (Å²) < 4.78 is 18.0. The van der Waals surface area contributed by atoms with E-state index in [0.29, 0.717) is 42.3 Å². The van der Waals surface area contributed by atoms with E-state index in [4.69, 9.17) is 25.8 Å². The van der Waals surface area contributed by atoms with Crippen LogP contribution in [0.1, 0.15) is 54.0 Å². The maximum atomic E-state index is 11.6. The zero-order valence-corrected chi connectivity index (χ0v) is 25.0. The van der Waals surface area contributed by atoms with Crippen molar-refractivity contribution in [3.8, 4) is 5.75 Å². The van der Waals surface area contributed by atoms with E-state index in [-0.39, 0.29) is 18.9 Å². The van der Waals surface area contributed by atoms with Crippen molar-refractivity contribution in [3.05, 3.63) is 63.7 Å². The van der Waals surface area contributed by atoms with Crippen molar-refractivity contribution >= 4 is 23.5 Å². The average molecular weight is 635 g/mol. The van der Waals surface area contributed by atoms with Gasteiger partial charge < -0.3 is 50.4 Å². The molecular weight excluding hydrogens is 596 g/mol. The fraction of sp³-hybridized carbons (Fsp3) is 0.548. The number of benzene rings is 2. The lowest BCUT2D eigenvalue weighted by Gasteiger charge is -2.43. The minimum absolute atomic E-state index is 0.0514. The van der Waals surface area contributed by atoms with E-state index in [2.05, 4.69) is 10.6 Å². The third-order valence-corrected chi connectivity index (χ3v) is 9.05. The molecule has 240 valence electrons. The van der Waals surface area contributed by atoms with Crippen molar-refractivity contribution in [1.29, 1.82) is 0 Å². The van der Waals surface area contributed by atoms with Gasteiger partial charge in [0.1, 0.15) is 48.4 Å². The number of carboxylic acid groups (broad SMARTS) is 2. The molecule has 0 aliphatic carbocycles. The standard InChI is InChI=1S/C31H39ClN2O10/c1-2-42-19-5-3-15(21(10-19)18-9-23(30(38)39)33-12-18)7-17-8-16(4-6-22(17)32)28-29(27(37)26(36)25(14-35)44-28)43-20-11-24(31(40)41)34-13-20/h3-6,8,10,18,20,23-29,33-37H,2,7,9,11-14H2,1H3,(H,38,39)(H,40,41)/t18?,20?,23-,24-,25+,26+,27-,28-,29+/m0/s1. The number of aliphatic carboxylic acids is 2. The van der Waals surface area contributed by atoms with Crippen LogP contribution in [-0.2, 0) is 25.5 Å². The van der Waals surface area contributed by atoms with E-state index < -0.39 is 67.3 Å². The average Bonchev–Trinajstić information content (AvgIpc) is 3.69. The number of nitrogens with one attached hydrogen (secondary N) is 2. The summed E-state index contributed by atoms with van der Waals surface area (Å²) in [5.74, 6) is -1.26. The molecule has 3 fully saturated rings. The molecule has 44 heavy (non-hydrogen) atoms. The first-order chi connectivity index (χ1) is 21.1. The zero-order valence-electron chi connectivity index (χ0n) is 24.3. The molecule has 2 aromatic rings. The molecule has 13 heteroatoms. The summed E-state index contributed by atoms with van der Waals surface area (Å²) in [6, 6.07) is 9.62. The van der Waals surface area contributed by atoms with Gasteiger partial charge in [-0.15, -0.1) is 0 Å². The van der Waals surface area contributed by atoms with Gasteiger partial charge in [0.2, 0.25) is 0 Å². The van der Waals surface area contributed by atoms with E-state index >= 15 is 0 Å². The van der Waals surface area contributed by atoms with Crippen molar-refractivity contribution < 1.29 is 49.3 Å². The lowest BCUT2D eigenvalue weighted by Crippen LogP contribution is -2.57. The smallest absolute Gasteiger partial charge is 0.320 e. The molecule has 7 N–H and O–H groups in total. The maximum Gasteiger partial charge on any atom is 0.320 e. The van der Waals surface area contributed by atoms with Gasteiger partial charge in [-0.1, -0.05) is 29.8 Å². The number of aliphatic hydroxyl groups is 3. The van der Waals surface area contributed by atoms with Gasteiger partial charge in [-0.05, 0) is 66.1 Å². The molecule has 0 radical (unpaired) electrons. The first kappa shape index (κ1) is 32.6. The molecule has 2 aromatic carbocycles. The fourth-order valence-corrected chi connectivity index (χ4v) is 6.56. The number of hydrogen-bond acceptors (Lipinski definition) is 10. The molecule has 3 saturated heterocycles. The van der Waals surface area contributed by atoms with Gasteiger partial charge in [0, 0.05) is 24.5 Å². The van der Waals surface area contributed by atoms with Gasteiger partial charge >= 0.3 is 11.9 Å². The second-order valence-corrected chi connectivity index (χ2v) is 12.0. The lowest BCUT2D eigenvalue weighted by molar-refractivity contribution is -0.252. The molecule has 3 aliphatic rings. The predicted molar refractivity (Wildman–Crippen MR) is 158 cm³/mol. The monoisotopic (exact) mass is 634 g/mol. The second kappa shape index (κ2) is 14.1. The number of carbonyl (C=O) groups is 2. The van der Waals surface area contributed by atoms with Crippen LogP contribution >= 0.6 is 11.6 Å². The van der Waals surface area contributed by atoms with Gasteiger partial charge in [0.15, 0.2) is 0 Å². The summed E-state index contributed by atoms with van der Waals surface area (Å²) in [4.78, 5) is 23.1. The van der Waals surface area contributed by atoms with Gasteiger partial charge in [0.25, 0.3) is 0 Å². The van der Waals surface area contributed by atoms with Crippen LogP contribution in [0.2, 0.25) is 5.02 Å². The summed E-state index contributed by atoms with van der Waals surface area (Å²) in [5, 5.41) is 56.9. The Hall–Kier alpha value is -2.81. The molecule has 3 heterocycles. The Bertz CT molecular complexity index is 1340. The number of rotatable bonds is 11. The van der Waals surface area contributed by atoms with Crippen LogP contribution in [0.4, 0.5) is 0 Å². The Kier molecular flexibility index (Phi) is 10.4. The van der Waals surface area contributed by atoms with Crippen LogP contribution < -0.4 is 15.4 Å². The van der Waals surface area contributed by atoms with Crippen LogP contribution in [0.3, 0.4) is 0 Å². The SMILES string of the molecule is CCOc1ccc(Cc2cc([C@@H]3O[C@H](CO)[C@@H](O)[C@H](O)[C@H]3OC3CN[C@H](C(=O)O)C3)ccc2Cl)c(C2CN[C@H](C(=O)O)C2)c1. The highest BCUT2D eigenvalue weighted by Gasteiger charge is 2.47. The third-order valence-electron chi connectivity index (χ3n) is 8.68. The van der Waals surface area contributed by atoms with E-state index in [0.717, 1.165) is 16.7 Å². The van der Waals surface area contributed by atoms with Crippen molar-refractivity contribution in [3.63, 3.8) is 0 Å². The van der Waals surface area contributed by atoms with Crippen molar-refractivity contribution in [2.45, 2.75) is 80.8 Å². The van der Waals surface area contributed by atoms with Gasteiger partial charge in [-0.3, -0.25) is 9.59 Å². The van der Waals surface area contributed by atoms with Crippen molar-refractivity contribution in [2.75, 3.05) is 26.3 Å². The van der Waals surface area contributed by atoms with E-state index in [1.54, 1.807) is 12.1 Å². The topological polar surface area (TPSA) is 187 Å². The molecule has 9 atom stereocenters. The summed E-state index contributed by atoms with van der Waals surface area (Å²) in [6.07, 6.45) is -5.40. The van der Waals surface area contributed by atoms with Crippen LogP contribution in [0.25, 0.3) is 0 Å². The quantitative estimate of drug-likeness (QED) is 0.188. The summed E-state index contributed by atoms with van der Waals surface area (Å²) >= 11 is 6.69. The molecule has 3 aliphatic heterocycles. The molecule has 0 aromatic heterocycles. The van der Waals surface area contributed by atoms with Gasteiger partial charge in [-0.2, -0.15) is 0 Å². The van der Waals surface area contributed by atoms with Crippen LogP contribution in [0.15, 0.2) is 36.4 Å². The van der Waals surface area contributed by atoms with Crippen LogP contribution in [0, 0.1) is 0 Å². The fourth-order valence-electron chi connectivity index (χ4n) is 6.37. The normalized spacial score (nSPS) is 32.1. The highest BCUT2D eigenvalue weighted by molar-refractivity contribution is 6.31. The number of halogens is 1. The molecule has 0 saturated carbocycles. The largest absolute Gasteiger partial charge is 0.494 e. The maximum absolute atomic E-state index is 11.6. The second-order valence-electron chi connectivity index (χ2n) is 11.6. The summed E-state index contributed by atoms with van der Waals surface area (Å²) in [5.41, 5.74) is 3.25. The minimum atomic E-state index is -1.42. The van der Waals surface area contributed by atoms with Gasteiger partial charge in [-0.25, -0.2) is 0 Å². The number of ether oxygens (including phenoxy) is 3. The third kappa shape index (κ3) is 7.03. The zero-order chi connectivity index (χ0) is 31.5. The molecule has 5 rings (SSSR count). The van der Waals surface area contributed by atoms with Crippen molar-refractivity contribution in [2.24, 2.45) is 0 Å². The Labute approximate surface area is 259 Å². The molecule has 0 amide bonds. The molecule has 2 unspecified atom stereocenters. The first-order valence-corrected chi connectivity index (χ1v) is 15.2. The van der Waals surface area contributed by atoms with E-state index in [1.165, 1.54) is 0 Å². The Morgan fingerprint density at radius 2 is 1.70 bits per heavy atom. The first-order valence-electron chi connectivity index (χ1n) is 14.8. The predicted octanol–water partition coefficient (Wildman–Crippen LogP) is 1.21. The van der Waals surface area contributed by atoms with E-state index in [9.17, 15) is 35.1 Å². The molecule has 0 bridgehead atoms. The number of hydrogen-bond donors (Lipinski definition) is 7. The van der Waals surface area contributed by atoms with Gasteiger partial charge in [0.05, 0.1) is 19.3 Å². The lowest BCUT2D eigenvalue weighted by atomic mass is 9.87. The van der Waals surface area contributed by atoms with Crippen molar-refractivity contribution in [1.82, 2.24) is 10.6 Å². The molecule has 12 nitrogen and oxygen atoms in total. The number of carboxylic acids is 2. The number of aliphatic hydroxyl groups excluding tert-OH is 3. The highest BCUT2D eigenvalue weighted by Crippen LogP contribution is 2.38. The molecule has 0 spiro atoms. The van der Waals surface area contributed by atoms with Crippen LogP contribution in [0.5, 0.6) is 5.75 Å². The van der Waals surface area contributed by atoms with Crippen LogP contribution in [-0.4, -0.2) is 106 Å².